The zero-order chi connectivity index (χ0) is 47.6. The molecule has 12 heteroatoms. The Balaban J connectivity index is 1.48. The number of carbonyl (C=O) groups excluding carboxylic acids is 2. The molecular weight excluding hydrogens is 849 g/mol. The van der Waals surface area contributed by atoms with Gasteiger partial charge in [0.2, 0.25) is 5.79 Å². The molecule has 4 aromatic rings. The lowest BCUT2D eigenvalue weighted by Crippen LogP contribution is -2.70. The fourth-order valence-electron chi connectivity index (χ4n) is 10.1. The van der Waals surface area contributed by atoms with Crippen LogP contribution in [-0.2, 0) is 20.9 Å². The molecular formula is C55H66N2O10. The maximum absolute atomic E-state index is 15.0. The number of rotatable bonds is 22. The first-order valence-electron chi connectivity index (χ1n) is 23.6. The van der Waals surface area contributed by atoms with Crippen LogP contribution in [0.25, 0.3) is 10.8 Å². The van der Waals surface area contributed by atoms with Crippen LogP contribution in [0.15, 0.2) is 121 Å². The Morgan fingerprint density at radius 1 is 0.940 bits per heavy atom. The SMILES string of the molecule is C=CCCOC(=O)N(Cc1cccc2ccccc12)[C@H]1CC(=NOC(C)(C)C)C2=C[C@H](CCCCO)[C@@H](CCCCO)[C@@H]3c4cc(Oc5ccc(OC)c(C=O)c5)ccc4O[C@@]1(OCC=C)[C@H]23. The summed E-state index contributed by atoms with van der Waals surface area (Å²) in [5.74, 6) is -0.341. The monoisotopic (exact) mass is 914 g/mol. The van der Waals surface area contributed by atoms with Gasteiger partial charge >= 0.3 is 6.09 Å². The lowest BCUT2D eigenvalue weighted by atomic mass is 9.55. The smallest absolute Gasteiger partial charge is 0.410 e. The number of allylic oxidation sites excluding steroid dienone is 1. The molecule has 4 aromatic carbocycles. The Labute approximate surface area is 394 Å². The zero-order valence-electron chi connectivity index (χ0n) is 39.4. The molecule has 12 nitrogen and oxygen atoms in total. The van der Waals surface area contributed by atoms with Gasteiger partial charge < -0.3 is 38.7 Å². The third kappa shape index (κ3) is 10.9. The molecule has 0 bridgehead atoms. The number of carbonyl (C=O) groups is 2. The van der Waals surface area contributed by atoms with E-state index in [-0.39, 0.29) is 57.1 Å². The molecule has 1 aliphatic heterocycles. The van der Waals surface area contributed by atoms with Gasteiger partial charge in [0, 0.05) is 31.1 Å². The van der Waals surface area contributed by atoms with Crippen LogP contribution in [-0.4, -0.2) is 84.2 Å². The Kier molecular flexibility index (Phi) is 16.2. The normalized spacial score (nSPS) is 22.4. The number of nitrogens with zero attached hydrogens (tertiary/aromatic N) is 2. The first-order valence-corrected chi connectivity index (χ1v) is 23.6. The van der Waals surface area contributed by atoms with E-state index in [1.807, 2.05) is 63.2 Å². The van der Waals surface area contributed by atoms with E-state index in [9.17, 15) is 19.8 Å². The average Bonchev–Trinajstić information content (AvgIpc) is 3.33. The molecule has 356 valence electrons. The van der Waals surface area contributed by atoms with E-state index >= 15 is 0 Å². The number of amides is 1. The van der Waals surface area contributed by atoms with Crippen LogP contribution < -0.4 is 14.2 Å². The topological polar surface area (TPSA) is 146 Å². The van der Waals surface area contributed by atoms with Crippen LogP contribution in [0.5, 0.6) is 23.0 Å². The number of hydrogen-bond acceptors (Lipinski definition) is 11. The molecule has 0 spiro atoms. The van der Waals surface area contributed by atoms with Gasteiger partial charge in [0.1, 0.15) is 34.6 Å². The Bertz CT molecular complexity index is 2430. The third-order valence-electron chi connectivity index (χ3n) is 13.0. The summed E-state index contributed by atoms with van der Waals surface area (Å²) in [7, 11) is 1.52. The minimum Gasteiger partial charge on any atom is -0.496 e. The average molecular weight is 915 g/mol. The van der Waals surface area contributed by atoms with Crippen molar-refractivity contribution in [3.8, 4) is 23.0 Å². The number of aliphatic hydroxyl groups excluding tert-OH is 2. The van der Waals surface area contributed by atoms with Crippen molar-refractivity contribution >= 4 is 28.9 Å². The van der Waals surface area contributed by atoms with Crippen molar-refractivity contribution in [3.05, 3.63) is 133 Å². The van der Waals surface area contributed by atoms with E-state index in [2.05, 4.69) is 37.4 Å². The van der Waals surface area contributed by atoms with Crippen molar-refractivity contribution in [3.63, 3.8) is 0 Å². The molecule has 2 N–H and O–H groups in total. The van der Waals surface area contributed by atoms with Crippen LogP contribution >= 0.6 is 0 Å². The minimum absolute atomic E-state index is 0.0131. The van der Waals surface area contributed by atoms with Crippen molar-refractivity contribution < 1.29 is 48.3 Å². The van der Waals surface area contributed by atoms with Gasteiger partial charge in [-0.25, -0.2) is 4.79 Å². The number of fused-ring (bicyclic) bond motifs is 3. The van der Waals surface area contributed by atoms with Crippen molar-refractivity contribution in [1.82, 2.24) is 4.90 Å². The predicted octanol–water partition coefficient (Wildman–Crippen LogP) is 11.1. The number of methoxy groups -OCH3 is 1. The van der Waals surface area contributed by atoms with Crippen molar-refractivity contribution in [2.75, 3.05) is 33.5 Å². The fraction of sp³-hybridized carbons (Fsp3) is 0.436. The van der Waals surface area contributed by atoms with Crippen LogP contribution in [0.3, 0.4) is 0 Å². The van der Waals surface area contributed by atoms with Crippen molar-refractivity contribution in [1.29, 1.82) is 0 Å². The predicted molar refractivity (Wildman–Crippen MR) is 260 cm³/mol. The maximum Gasteiger partial charge on any atom is 0.410 e. The van der Waals surface area contributed by atoms with Crippen molar-refractivity contribution in [2.24, 2.45) is 22.9 Å². The van der Waals surface area contributed by atoms with Gasteiger partial charge in [-0.2, -0.15) is 0 Å². The van der Waals surface area contributed by atoms with E-state index in [4.69, 9.17) is 33.7 Å². The quantitative estimate of drug-likeness (QED) is 0.0338. The van der Waals surface area contributed by atoms with Crippen LogP contribution in [0, 0.1) is 17.8 Å². The van der Waals surface area contributed by atoms with Gasteiger partial charge in [-0.1, -0.05) is 78.7 Å². The number of aliphatic hydroxyl groups is 2. The number of benzene rings is 4. The van der Waals surface area contributed by atoms with Crippen molar-refractivity contribution in [2.45, 2.75) is 102 Å². The first kappa shape index (κ1) is 49.0. The van der Waals surface area contributed by atoms with E-state index in [0.717, 1.165) is 59.4 Å². The second-order valence-corrected chi connectivity index (χ2v) is 18.6. The molecule has 1 fully saturated rings. The summed E-state index contributed by atoms with van der Waals surface area (Å²) in [6, 6.07) is 24.2. The summed E-state index contributed by atoms with van der Waals surface area (Å²) in [5.41, 5.74) is 3.11. The highest BCUT2D eigenvalue weighted by atomic mass is 16.7. The first-order chi connectivity index (χ1) is 32.5. The summed E-state index contributed by atoms with van der Waals surface area (Å²) in [5, 5.41) is 27.1. The standard InChI is InChI=1S/C55H66N2O10/c1-7-9-30-63-53(61)57(35-39-20-16-19-37-17-10-11-21-43(37)39)50-34-47(56-67-54(3,4)5)45-32-38(18-12-14-27-58)44(22-13-15-28-59)51-46-33-42(65-41-23-25-48(62-6)40(31-41)36-60)24-26-49(46)66-55(50,52(45)51)64-29-8-2/h7-8,10-11,16-17,19-21,23-26,31-33,36,38,44,50-52,58-59H,1-2,9,12-15,18,22,27-30,34-35H2,3-6H3/t38-,44+,50-,51+,52+,55+/m0/s1. The van der Waals surface area contributed by atoms with Crippen LogP contribution in [0.1, 0.15) is 99.5 Å². The molecule has 1 amide bonds. The van der Waals surface area contributed by atoms with Crippen LogP contribution in [0.2, 0.25) is 0 Å². The lowest BCUT2D eigenvalue weighted by molar-refractivity contribution is -0.256. The molecule has 7 rings (SSSR count). The molecule has 1 saturated carbocycles. The maximum atomic E-state index is 15.0. The number of hydrogen-bond donors (Lipinski definition) is 2. The number of aldehydes is 1. The van der Waals surface area contributed by atoms with Gasteiger partial charge in [-0.15, -0.1) is 13.2 Å². The fourth-order valence-corrected chi connectivity index (χ4v) is 10.1. The molecule has 1 heterocycles. The molecule has 0 radical (unpaired) electrons. The highest BCUT2D eigenvalue weighted by Gasteiger charge is 2.66. The van der Waals surface area contributed by atoms with E-state index in [0.29, 0.717) is 53.5 Å². The molecule has 2 aliphatic carbocycles. The van der Waals surface area contributed by atoms with E-state index < -0.39 is 29.4 Å². The third-order valence-corrected chi connectivity index (χ3v) is 13.0. The Morgan fingerprint density at radius 3 is 2.42 bits per heavy atom. The second kappa shape index (κ2) is 22.2. The molecule has 67 heavy (non-hydrogen) atoms. The van der Waals surface area contributed by atoms with Gasteiger partial charge in [0.15, 0.2) is 6.29 Å². The highest BCUT2D eigenvalue weighted by Crippen LogP contribution is 2.62. The Hall–Kier alpha value is -5.95. The second-order valence-electron chi connectivity index (χ2n) is 18.6. The Morgan fingerprint density at radius 2 is 1.69 bits per heavy atom. The van der Waals surface area contributed by atoms with Gasteiger partial charge in [0.25, 0.3) is 0 Å². The summed E-state index contributed by atoms with van der Waals surface area (Å²) >= 11 is 0. The molecule has 3 aliphatic rings. The largest absolute Gasteiger partial charge is 0.496 e. The van der Waals surface area contributed by atoms with E-state index in [1.54, 1.807) is 35.3 Å². The molecule has 0 unspecified atom stereocenters. The lowest BCUT2D eigenvalue weighted by Gasteiger charge is -2.60. The van der Waals surface area contributed by atoms with Gasteiger partial charge in [0.05, 0.1) is 44.1 Å². The summed E-state index contributed by atoms with van der Waals surface area (Å²) in [4.78, 5) is 35.1. The minimum atomic E-state index is -1.51. The summed E-state index contributed by atoms with van der Waals surface area (Å²) in [6.45, 7) is 14.3. The number of oxime groups is 1. The molecule has 0 saturated heterocycles. The van der Waals surface area contributed by atoms with Gasteiger partial charge in [-0.3, -0.25) is 9.69 Å². The molecule has 0 aromatic heterocycles. The highest BCUT2D eigenvalue weighted by molar-refractivity contribution is 6.03. The van der Waals surface area contributed by atoms with E-state index in [1.165, 1.54) is 7.11 Å². The molecule has 6 atom stereocenters. The number of ether oxygens (including phenoxy) is 5. The zero-order valence-corrected chi connectivity index (χ0v) is 39.4. The van der Waals surface area contributed by atoms with Crippen LogP contribution in [0.4, 0.5) is 4.79 Å². The summed E-state index contributed by atoms with van der Waals surface area (Å²) < 4.78 is 32.7. The number of unbranched alkanes of at least 4 members (excludes halogenated alkanes) is 2. The van der Waals surface area contributed by atoms with Gasteiger partial charge in [-0.05, 0) is 123 Å². The summed E-state index contributed by atoms with van der Waals surface area (Å²) in [6.07, 6.45) is 11.0.